The summed E-state index contributed by atoms with van der Waals surface area (Å²) in [7, 11) is 0. The van der Waals surface area contributed by atoms with E-state index in [9.17, 15) is 0 Å². The minimum atomic E-state index is 0.692. The quantitative estimate of drug-likeness (QED) is 0.875. The van der Waals surface area contributed by atoms with Gasteiger partial charge in [0.25, 0.3) is 0 Å². The molecule has 1 aliphatic heterocycles. The van der Waals surface area contributed by atoms with Crippen molar-refractivity contribution in [1.29, 1.82) is 0 Å². The van der Waals surface area contributed by atoms with Gasteiger partial charge < -0.3 is 10.2 Å². The molecule has 1 saturated heterocycles. The Morgan fingerprint density at radius 1 is 1.22 bits per heavy atom. The van der Waals surface area contributed by atoms with Gasteiger partial charge in [-0.1, -0.05) is 31.9 Å². The standard InChI is InChI=1S/C16H24N2/c1-2-17-11-14-6-5-7-15(10-14)18-12-16(13-18)8-3-4-9-16/h5-7,10,17H,2-4,8-9,11-13H2,1H3. The molecule has 1 heterocycles. The molecule has 2 fully saturated rings. The van der Waals surface area contributed by atoms with Gasteiger partial charge in [-0.3, -0.25) is 0 Å². The molecule has 1 aromatic carbocycles. The predicted molar refractivity (Wildman–Crippen MR) is 76.9 cm³/mol. The highest BCUT2D eigenvalue weighted by Crippen LogP contribution is 2.46. The zero-order chi connectivity index (χ0) is 12.4. The molecule has 1 aromatic rings. The number of benzene rings is 1. The van der Waals surface area contributed by atoms with Crippen LogP contribution in [0, 0.1) is 5.41 Å². The van der Waals surface area contributed by atoms with E-state index in [1.807, 2.05) is 0 Å². The first-order chi connectivity index (χ1) is 8.81. The summed E-state index contributed by atoms with van der Waals surface area (Å²) in [5, 5.41) is 3.40. The predicted octanol–water partition coefficient (Wildman–Crippen LogP) is 3.18. The molecule has 98 valence electrons. The maximum Gasteiger partial charge on any atom is 0.0369 e. The van der Waals surface area contributed by atoms with E-state index in [1.54, 1.807) is 0 Å². The number of anilines is 1. The molecule has 2 heteroatoms. The minimum absolute atomic E-state index is 0.692. The van der Waals surface area contributed by atoms with Crippen LogP contribution in [0.1, 0.15) is 38.2 Å². The van der Waals surface area contributed by atoms with Crippen LogP contribution in [-0.4, -0.2) is 19.6 Å². The summed E-state index contributed by atoms with van der Waals surface area (Å²) >= 11 is 0. The minimum Gasteiger partial charge on any atom is -0.370 e. The Morgan fingerprint density at radius 2 is 2.00 bits per heavy atom. The number of hydrogen-bond donors (Lipinski definition) is 1. The lowest BCUT2D eigenvalue weighted by Gasteiger charge is -2.50. The summed E-state index contributed by atoms with van der Waals surface area (Å²) in [6, 6.07) is 9.03. The second-order valence-corrected chi connectivity index (χ2v) is 6.01. The molecule has 0 atom stereocenters. The van der Waals surface area contributed by atoms with E-state index < -0.39 is 0 Å². The zero-order valence-corrected chi connectivity index (χ0v) is 11.4. The third-order valence-corrected chi connectivity index (χ3v) is 4.57. The molecule has 2 nitrogen and oxygen atoms in total. The normalized spacial score (nSPS) is 21.3. The van der Waals surface area contributed by atoms with Gasteiger partial charge in [0.2, 0.25) is 0 Å². The number of nitrogens with one attached hydrogen (secondary N) is 1. The Bertz CT molecular complexity index is 399. The molecule has 1 N–H and O–H groups in total. The summed E-state index contributed by atoms with van der Waals surface area (Å²) in [6.45, 7) is 6.76. The highest BCUT2D eigenvalue weighted by atomic mass is 15.2. The Balaban J connectivity index is 1.63. The van der Waals surface area contributed by atoms with Crippen molar-refractivity contribution < 1.29 is 0 Å². The maximum atomic E-state index is 3.40. The van der Waals surface area contributed by atoms with Crippen molar-refractivity contribution in [2.45, 2.75) is 39.2 Å². The Kier molecular flexibility index (Phi) is 3.29. The van der Waals surface area contributed by atoms with Crippen molar-refractivity contribution in [2.75, 3.05) is 24.5 Å². The molecular weight excluding hydrogens is 220 g/mol. The fourth-order valence-corrected chi connectivity index (χ4v) is 3.52. The summed E-state index contributed by atoms with van der Waals surface area (Å²) in [6.07, 6.45) is 5.82. The van der Waals surface area contributed by atoms with Gasteiger partial charge in [-0.05, 0) is 37.1 Å². The summed E-state index contributed by atoms with van der Waals surface area (Å²) < 4.78 is 0. The van der Waals surface area contributed by atoms with E-state index >= 15 is 0 Å². The van der Waals surface area contributed by atoms with Crippen LogP contribution < -0.4 is 10.2 Å². The molecule has 0 unspecified atom stereocenters. The molecule has 0 amide bonds. The average molecular weight is 244 g/mol. The van der Waals surface area contributed by atoms with Crippen molar-refractivity contribution in [3.05, 3.63) is 29.8 Å². The second-order valence-electron chi connectivity index (χ2n) is 6.01. The van der Waals surface area contributed by atoms with Crippen molar-refractivity contribution in [3.63, 3.8) is 0 Å². The van der Waals surface area contributed by atoms with Gasteiger partial charge in [-0.15, -0.1) is 0 Å². The molecule has 0 radical (unpaired) electrons. The first kappa shape index (κ1) is 12.0. The Labute approximate surface area is 110 Å². The molecule has 3 rings (SSSR count). The van der Waals surface area contributed by atoms with Crippen LogP contribution in [0.3, 0.4) is 0 Å². The molecule has 1 aliphatic carbocycles. The zero-order valence-electron chi connectivity index (χ0n) is 11.4. The van der Waals surface area contributed by atoms with Gasteiger partial charge in [0.15, 0.2) is 0 Å². The summed E-state index contributed by atoms with van der Waals surface area (Å²) in [4.78, 5) is 2.56. The van der Waals surface area contributed by atoms with Crippen LogP contribution in [0.25, 0.3) is 0 Å². The van der Waals surface area contributed by atoms with Crippen molar-refractivity contribution in [2.24, 2.45) is 5.41 Å². The van der Waals surface area contributed by atoms with Crippen LogP contribution >= 0.6 is 0 Å². The van der Waals surface area contributed by atoms with Crippen LogP contribution in [0.4, 0.5) is 5.69 Å². The molecule has 1 saturated carbocycles. The lowest BCUT2D eigenvalue weighted by molar-refractivity contribution is 0.222. The van der Waals surface area contributed by atoms with Crippen molar-refractivity contribution in [1.82, 2.24) is 5.32 Å². The first-order valence-electron chi connectivity index (χ1n) is 7.36. The summed E-state index contributed by atoms with van der Waals surface area (Å²) in [5.41, 5.74) is 3.52. The fraction of sp³-hybridized carbons (Fsp3) is 0.625. The van der Waals surface area contributed by atoms with E-state index in [1.165, 1.54) is 50.0 Å². The second kappa shape index (κ2) is 4.93. The number of rotatable bonds is 4. The topological polar surface area (TPSA) is 15.3 Å². The van der Waals surface area contributed by atoms with E-state index in [0.717, 1.165) is 13.1 Å². The van der Waals surface area contributed by atoms with Crippen LogP contribution in [0.5, 0.6) is 0 Å². The van der Waals surface area contributed by atoms with Crippen molar-refractivity contribution >= 4 is 5.69 Å². The number of hydrogen-bond acceptors (Lipinski definition) is 2. The van der Waals surface area contributed by atoms with Crippen molar-refractivity contribution in [3.8, 4) is 0 Å². The average Bonchev–Trinajstić information content (AvgIpc) is 2.84. The van der Waals surface area contributed by atoms with Crippen LogP contribution in [0.15, 0.2) is 24.3 Å². The third-order valence-electron chi connectivity index (χ3n) is 4.57. The monoisotopic (exact) mass is 244 g/mol. The highest BCUT2D eigenvalue weighted by Gasteiger charge is 2.44. The largest absolute Gasteiger partial charge is 0.370 e. The molecule has 2 aliphatic rings. The van der Waals surface area contributed by atoms with E-state index in [4.69, 9.17) is 0 Å². The van der Waals surface area contributed by atoms with E-state index in [0.29, 0.717) is 5.41 Å². The van der Waals surface area contributed by atoms with Gasteiger partial charge in [-0.25, -0.2) is 0 Å². The Morgan fingerprint density at radius 3 is 2.72 bits per heavy atom. The van der Waals surface area contributed by atoms with Gasteiger partial charge in [-0.2, -0.15) is 0 Å². The lowest BCUT2D eigenvalue weighted by atomic mass is 9.78. The Hall–Kier alpha value is -1.02. The molecular formula is C16H24N2. The third kappa shape index (κ3) is 2.26. The smallest absolute Gasteiger partial charge is 0.0369 e. The van der Waals surface area contributed by atoms with Crippen LogP contribution in [0.2, 0.25) is 0 Å². The lowest BCUT2D eigenvalue weighted by Crippen LogP contribution is -2.55. The molecule has 1 spiro atoms. The van der Waals surface area contributed by atoms with Crippen LogP contribution in [-0.2, 0) is 6.54 Å². The SMILES string of the molecule is CCNCc1cccc(N2CC3(CCCC3)C2)c1. The van der Waals surface area contributed by atoms with Gasteiger partial charge in [0.05, 0.1) is 0 Å². The summed E-state index contributed by atoms with van der Waals surface area (Å²) in [5.74, 6) is 0. The van der Waals surface area contributed by atoms with E-state index in [-0.39, 0.29) is 0 Å². The first-order valence-corrected chi connectivity index (χ1v) is 7.36. The highest BCUT2D eigenvalue weighted by molar-refractivity contribution is 5.52. The number of nitrogens with zero attached hydrogens (tertiary/aromatic N) is 1. The fourth-order valence-electron chi connectivity index (χ4n) is 3.52. The van der Waals surface area contributed by atoms with E-state index in [2.05, 4.69) is 41.4 Å². The molecule has 18 heavy (non-hydrogen) atoms. The van der Waals surface area contributed by atoms with Gasteiger partial charge in [0.1, 0.15) is 0 Å². The maximum absolute atomic E-state index is 3.40. The molecule has 0 aromatic heterocycles. The molecule has 0 bridgehead atoms. The van der Waals surface area contributed by atoms with Gasteiger partial charge >= 0.3 is 0 Å². The van der Waals surface area contributed by atoms with Gasteiger partial charge in [0, 0.05) is 30.7 Å².